The molecule has 0 fully saturated rings. The quantitative estimate of drug-likeness (QED) is 0.614. The Morgan fingerprint density at radius 1 is 1.11 bits per heavy atom. The zero-order chi connectivity index (χ0) is 21.8. The van der Waals surface area contributed by atoms with Crippen LogP contribution in [0.5, 0.6) is 0 Å². The van der Waals surface area contributed by atoms with Crippen LogP contribution in [0.2, 0.25) is 0 Å². The van der Waals surface area contributed by atoms with Gasteiger partial charge in [-0.2, -0.15) is 31.1 Å². The molecule has 2 atom stereocenters. The molecule has 0 radical (unpaired) electrons. The Hall–Kier alpha value is -1.86. The number of benzene rings is 1. The van der Waals surface area contributed by atoms with E-state index in [1.165, 1.54) is 6.92 Å². The van der Waals surface area contributed by atoms with Gasteiger partial charge in [-0.05, 0) is 26.0 Å². The maximum absolute atomic E-state index is 13.0. The summed E-state index contributed by atoms with van der Waals surface area (Å²) in [4.78, 5) is 10.9. The first kappa shape index (κ1) is 24.2. The average Bonchev–Trinajstić information content (AvgIpc) is 2.52. The number of rotatable bonds is 8. The van der Waals surface area contributed by atoms with Crippen LogP contribution in [0, 0.1) is 0 Å². The van der Waals surface area contributed by atoms with Gasteiger partial charge in [0.1, 0.15) is 6.61 Å². The van der Waals surface area contributed by atoms with Crippen molar-refractivity contribution in [3.05, 3.63) is 29.8 Å². The third kappa shape index (κ3) is 7.64. The molecule has 1 aromatic rings. The molecule has 0 aliphatic rings. The Labute approximate surface area is 157 Å². The maximum atomic E-state index is 13.0. The lowest BCUT2D eigenvalue weighted by Gasteiger charge is -2.20. The second kappa shape index (κ2) is 9.09. The molecule has 1 unspecified atom stereocenters. The number of carbonyl (C=O) groups is 1. The number of halogens is 6. The number of nitrogens with one attached hydrogen (secondary N) is 2. The lowest BCUT2D eigenvalue weighted by atomic mass is 10.2. The van der Waals surface area contributed by atoms with Crippen LogP contribution in [0.1, 0.15) is 19.4 Å². The van der Waals surface area contributed by atoms with Gasteiger partial charge in [0.2, 0.25) is 15.9 Å². The highest BCUT2D eigenvalue weighted by Gasteiger charge is 2.37. The topological polar surface area (TPSA) is 84.5 Å². The highest BCUT2D eigenvalue weighted by Crippen LogP contribution is 2.33. The Morgan fingerprint density at radius 3 is 2.21 bits per heavy atom. The molecule has 1 amide bonds. The van der Waals surface area contributed by atoms with Crippen molar-refractivity contribution in [3.8, 4) is 0 Å². The van der Waals surface area contributed by atoms with E-state index in [-0.39, 0.29) is 0 Å². The van der Waals surface area contributed by atoms with Gasteiger partial charge >= 0.3 is 12.4 Å². The molecule has 0 aliphatic carbocycles. The summed E-state index contributed by atoms with van der Waals surface area (Å²) in [6.07, 6.45) is -9.47. The zero-order valence-electron chi connectivity index (χ0n) is 14.7. The molecule has 160 valence electrons. The Morgan fingerprint density at radius 2 is 1.68 bits per heavy atom. The van der Waals surface area contributed by atoms with Crippen LogP contribution in [0.3, 0.4) is 0 Å². The molecule has 0 bridgehead atoms. The molecule has 2 N–H and O–H groups in total. The van der Waals surface area contributed by atoms with E-state index in [1.54, 1.807) is 0 Å². The van der Waals surface area contributed by atoms with Gasteiger partial charge in [0, 0.05) is 6.04 Å². The minimum absolute atomic E-state index is 0.498. The molecule has 1 rings (SSSR count). The van der Waals surface area contributed by atoms with Crippen molar-refractivity contribution >= 4 is 15.9 Å². The number of sulfonamides is 1. The zero-order valence-corrected chi connectivity index (χ0v) is 15.5. The van der Waals surface area contributed by atoms with Crippen molar-refractivity contribution in [2.24, 2.45) is 0 Å². The fourth-order valence-electron chi connectivity index (χ4n) is 2.05. The van der Waals surface area contributed by atoms with Gasteiger partial charge in [-0.1, -0.05) is 12.1 Å². The van der Waals surface area contributed by atoms with Gasteiger partial charge in [0.15, 0.2) is 0 Å². The SMILES string of the molecule is CC(COCC(F)(F)F)NC(=O)[C@H](C)NS(=O)(=O)c1ccccc1C(F)(F)F. The predicted octanol–water partition coefficient (Wildman–Crippen LogP) is 2.46. The molecular weight excluding hydrogens is 418 g/mol. The van der Waals surface area contributed by atoms with Crippen LogP contribution in [0.4, 0.5) is 26.3 Å². The van der Waals surface area contributed by atoms with E-state index < -0.39 is 64.0 Å². The smallest absolute Gasteiger partial charge is 0.370 e. The highest BCUT2D eigenvalue weighted by atomic mass is 32.2. The summed E-state index contributed by atoms with van der Waals surface area (Å²) in [6.45, 7) is 0.367. The van der Waals surface area contributed by atoms with Crippen LogP contribution in [-0.4, -0.2) is 45.8 Å². The molecule has 0 heterocycles. The number of hydrogen-bond donors (Lipinski definition) is 2. The molecule has 0 aromatic heterocycles. The van der Waals surface area contributed by atoms with Gasteiger partial charge in [-0.15, -0.1) is 0 Å². The standard InChI is InChI=1S/C15H18F6N2O4S/c1-9(7-27-8-14(16,17)18)22-13(24)10(2)23-28(25,26)12-6-4-3-5-11(12)15(19,20)21/h3-6,9-10,23H,7-8H2,1-2H3,(H,22,24)/t9?,10-/m0/s1. The van der Waals surface area contributed by atoms with Crippen LogP contribution in [0.25, 0.3) is 0 Å². The second-order valence-corrected chi connectivity index (χ2v) is 7.56. The van der Waals surface area contributed by atoms with Crippen LogP contribution >= 0.6 is 0 Å². The van der Waals surface area contributed by atoms with Crippen LogP contribution in [0.15, 0.2) is 29.2 Å². The third-order valence-electron chi connectivity index (χ3n) is 3.23. The Bertz CT molecular complexity index is 779. The molecule has 0 saturated carbocycles. The fraction of sp³-hybridized carbons (Fsp3) is 0.533. The summed E-state index contributed by atoms with van der Waals surface area (Å²) in [7, 11) is -4.70. The number of carbonyl (C=O) groups excluding carboxylic acids is 1. The van der Waals surface area contributed by atoms with E-state index in [9.17, 15) is 39.6 Å². The minimum atomic E-state index is -4.93. The second-order valence-electron chi connectivity index (χ2n) is 5.88. The highest BCUT2D eigenvalue weighted by molar-refractivity contribution is 7.89. The predicted molar refractivity (Wildman–Crippen MR) is 85.7 cm³/mol. The summed E-state index contributed by atoms with van der Waals surface area (Å²) in [6, 6.07) is 1.04. The fourth-order valence-corrected chi connectivity index (χ4v) is 3.48. The molecule has 0 spiro atoms. The van der Waals surface area contributed by atoms with Gasteiger partial charge < -0.3 is 10.1 Å². The Balaban J connectivity index is 2.76. The number of ether oxygens (including phenoxy) is 1. The first-order valence-corrected chi connectivity index (χ1v) is 9.25. The summed E-state index contributed by atoms with van der Waals surface area (Å²) in [5.74, 6) is -0.948. The van der Waals surface area contributed by atoms with Gasteiger partial charge in [-0.25, -0.2) is 8.42 Å². The lowest BCUT2D eigenvalue weighted by Crippen LogP contribution is -2.48. The minimum Gasteiger partial charge on any atom is -0.370 e. The molecule has 0 aliphatic heterocycles. The van der Waals surface area contributed by atoms with Gasteiger partial charge in [-0.3, -0.25) is 4.79 Å². The van der Waals surface area contributed by atoms with E-state index >= 15 is 0 Å². The third-order valence-corrected chi connectivity index (χ3v) is 4.83. The number of amides is 1. The van der Waals surface area contributed by atoms with Gasteiger partial charge in [0.05, 0.1) is 23.1 Å². The first-order chi connectivity index (χ1) is 12.6. The van der Waals surface area contributed by atoms with Crippen molar-refractivity contribution in [1.82, 2.24) is 10.0 Å². The van der Waals surface area contributed by atoms with Gasteiger partial charge in [0.25, 0.3) is 0 Å². The summed E-state index contributed by atoms with van der Waals surface area (Å²) in [5.41, 5.74) is -1.40. The van der Waals surface area contributed by atoms with E-state index in [4.69, 9.17) is 0 Å². The molecular formula is C15H18F6N2O4S. The van der Waals surface area contributed by atoms with Crippen molar-refractivity contribution in [3.63, 3.8) is 0 Å². The molecule has 28 heavy (non-hydrogen) atoms. The van der Waals surface area contributed by atoms with E-state index in [1.807, 2.05) is 4.72 Å². The van der Waals surface area contributed by atoms with Crippen molar-refractivity contribution in [2.75, 3.05) is 13.2 Å². The van der Waals surface area contributed by atoms with E-state index in [0.717, 1.165) is 25.1 Å². The van der Waals surface area contributed by atoms with E-state index in [2.05, 4.69) is 10.1 Å². The largest absolute Gasteiger partial charge is 0.417 e. The average molecular weight is 436 g/mol. The van der Waals surface area contributed by atoms with Crippen molar-refractivity contribution in [1.29, 1.82) is 0 Å². The number of alkyl halides is 6. The number of hydrogen-bond acceptors (Lipinski definition) is 4. The van der Waals surface area contributed by atoms with Crippen LogP contribution < -0.4 is 10.0 Å². The first-order valence-electron chi connectivity index (χ1n) is 7.77. The van der Waals surface area contributed by atoms with Crippen molar-refractivity contribution < 1.29 is 44.3 Å². The molecule has 1 aromatic carbocycles. The van der Waals surface area contributed by atoms with Crippen LogP contribution in [-0.2, 0) is 25.7 Å². The molecule has 6 nitrogen and oxygen atoms in total. The maximum Gasteiger partial charge on any atom is 0.417 e. The molecule has 13 heteroatoms. The summed E-state index contributed by atoms with van der Waals surface area (Å²) >= 11 is 0. The summed E-state index contributed by atoms with van der Waals surface area (Å²) in [5, 5.41) is 2.20. The van der Waals surface area contributed by atoms with Crippen molar-refractivity contribution in [2.45, 2.75) is 43.2 Å². The summed E-state index contributed by atoms with van der Waals surface area (Å²) < 4.78 is 106. The lowest BCUT2D eigenvalue weighted by molar-refractivity contribution is -0.175. The monoisotopic (exact) mass is 436 g/mol. The molecule has 0 saturated heterocycles. The normalized spacial score (nSPS) is 15.1. The van der Waals surface area contributed by atoms with E-state index in [0.29, 0.717) is 6.07 Å². The Kier molecular flexibility index (Phi) is 7.85.